The van der Waals surface area contributed by atoms with E-state index in [0.717, 1.165) is 52.7 Å². The van der Waals surface area contributed by atoms with Crippen LogP contribution in [0.5, 0.6) is 11.5 Å². The van der Waals surface area contributed by atoms with Gasteiger partial charge in [-0.2, -0.15) is 0 Å². The first-order chi connectivity index (χ1) is 17.5. The van der Waals surface area contributed by atoms with E-state index in [0.29, 0.717) is 35.4 Å². The van der Waals surface area contributed by atoms with Crippen LogP contribution in [0.3, 0.4) is 0 Å². The van der Waals surface area contributed by atoms with Gasteiger partial charge in [-0.3, -0.25) is 14.2 Å². The molecule has 2 aromatic carbocycles. The topological polar surface area (TPSA) is 70.4 Å². The van der Waals surface area contributed by atoms with Crippen molar-refractivity contribution < 1.29 is 14.3 Å². The number of thioether (sulfide) groups is 1. The van der Waals surface area contributed by atoms with Crippen molar-refractivity contribution in [3.8, 4) is 17.2 Å². The fourth-order valence-corrected chi connectivity index (χ4v) is 7.09. The average Bonchev–Trinajstić information content (AvgIpc) is 3.27. The molecule has 3 heterocycles. The molecule has 6 rings (SSSR count). The molecule has 0 unspecified atom stereocenters. The fourth-order valence-electron chi connectivity index (χ4n) is 4.89. The number of rotatable bonds is 5. The maximum absolute atomic E-state index is 14.0. The van der Waals surface area contributed by atoms with Gasteiger partial charge in [0.05, 0.1) is 16.8 Å². The SMILES string of the molecule is Cc1ccc(C)c(-n2c(SCC(=O)c3ccc4c(c3)OCCO4)nc3sc4c(c3c2=O)CCCC4)c1. The van der Waals surface area contributed by atoms with E-state index in [9.17, 15) is 9.59 Å². The zero-order valence-corrected chi connectivity index (χ0v) is 21.9. The Kier molecular flexibility index (Phi) is 6.09. The van der Waals surface area contributed by atoms with Crippen molar-refractivity contribution in [3.05, 3.63) is 73.9 Å². The molecule has 6 nitrogen and oxygen atoms in total. The molecular formula is C28H26N2O4S2. The summed E-state index contributed by atoms with van der Waals surface area (Å²) in [6.07, 6.45) is 4.18. The fraction of sp³-hybridized carbons (Fsp3) is 0.321. The first-order valence-electron chi connectivity index (χ1n) is 12.2. The lowest BCUT2D eigenvalue weighted by atomic mass is 9.97. The number of benzene rings is 2. The van der Waals surface area contributed by atoms with Gasteiger partial charge in [0.25, 0.3) is 5.56 Å². The molecule has 0 amide bonds. The highest BCUT2D eigenvalue weighted by Crippen LogP contribution is 2.36. The number of nitrogens with zero attached hydrogens (tertiary/aromatic N) is 2. The Balaban J connectivity index is 1.42. The van der Waals surface area contributed by atoms with Gasteiger partial charge in [0, 0.05) is 10.4 Å². The van der Waals surface area contributed by atoms with E-state index in [2.05, 4.69) is 0 Å². The number of ketones is 1. The Morgan fingerprint density at radius 1 is 1.06 bits per heavy atom. The summed E-state index contributed by atoms with van der Waals surface area (Å²) in [7, 11) is 0. The van der Waals surface area contributed by atoms with E-state index >= 15 is 0 Å². The van der Waals surface area contributed by atoms with Gasteiger partial charge in [0.15, 0.2) is 22.4 Å². The third kappa shape index (κ3) is 4.12. The Morgan fingerprint density at radius 2 is 1.86 bits per heavy atom. The van der Waals surface area contributed by atoms with Crippen LogP contribution in [0, 0.1) is 13.8 Å². The van der Waals surface area contributed by atoms with Crippen LogP contribution < -0.4 is 15.0 Å². The molecule has 8 heteroatoms. The lowest BCUT2D eigenvalue weighted by molar-refractivity contribution is 0.102. The number of thiophene rings is 1. The van der Waals surface area contributed by atoms with Crippen molar-refractivity contribution in [2.75, 3.05) is 19.0 Å². The largest absolute Gasteiger partial charge is 0.486 e. The molecule has 1 aliphatic heterocycles. The Bertz CT molecular complexity index is 1570. The van der Waals surface area contributed by atoms with Gasteiger partial charge in [0.2, 0.25) is 0 Å². The monoisotopic (exact) mass is 518 g/mol. The van der Waals surface area contributed by atoms with Gasteiger partial charge >= 0.3 is 0 Å². The minimum Gasteiger partial charge on any atom is -0.486 e. The van der Waals surface area contributed by atoms with Crippen LogP contribution in [0.25, 0.3) is 15.9 Å². The number of hydrogen-bond acceptors (Lipinski definition) is 7. The van der Waals surface area contributed by atoms with E-state index in [1.165, 1.54) is 22.2 Å². The molecule has 1 aliphatic carbocycles. The van der Waals surface area contributed by atoms with Gasteiger partial charge in [-0.15, -0.1) is 11.3 Å². The van der Waals surface area contributed by atoms with Crippen LogP contribution in [-0.2, 0) is 12.8 Å². The van der Waals surface area contributed by atoms with E-state index in [1.807, 2.05) is 32.0 Å². The van der Waals surface area contributed by atoms with Crippen LogP contribution in [0.15, 0.2) is 46.3 Å². The number of aryl methyl sites for hydroxylation is 4. The summed E-state index contributed by atoms with van der Waals surface area (Å²) >= 11 is 2.94. The number of Topliss-reactive ketones (excluding diaryl/α,β-unsaturated/α-hetero) is 1. The van der Waals surface area contributed by atoms with Crippen molar-refractivity contribution in [1.29, 1.82) is 0 Å². The summed E-state index contributed by atoms with van der Waals surface area (Å²) in [5, 5.41) is 1.30. The van der Waals surface area contributed by atoms with Gasteiger partial charge in [-0.25, -0.2) is 4.98 Å². The van der Waals surface area contributed by atoms with E-state index in [4.69, 9.17) is 14.5 Å². The van der Waals surface area contributed by atoms with Crippen molar-refractivity contribution in [3.63, 3.8) is 0 Å². The Hall–Kier alpha value is -3.10. The van der Waals surface area contributed by atoms with Gasteiger partial charge in [0.1, 0.15) is 18.0 Å². The summed E-state index contributed by atoms with van der Waals surface area (Å²) in [5.41, 5.74) is 4.56. The standard InChI is InChI=1S/C28H26N2O4S2/c1-16-7-8-17(2)20(13-16)30-27(32)25-19-5-3-4-6-24(19)36-26(25)29-28(30)35-15-21(31)18-9-10-22-23(14-18)34-12-11-33-22/h7-10,13-14H,3-6,11-12,15H2,1-2H3. The van der Waals surface area contributed by atoms with E-state index in [-0.39, 0.29) is 17.1 Å². The van der Waals surface area contributed by atoms with Gasteiger partial charge < -0.3 is 9.47 Å². The highest BCUT2D eigenvalue weighted by Gasteiger charge is 2.24. The third-order valence-corrected chi connectivity index (χ3v) is 8.88. The first-order valence-corrected chi connectivity index (χ1v) is 14.0. The summed E-state index contributed by atoms with van der Waals surface area (Å²) in [6.45, 7) is 5.00. The lowest BCUT2D eigenvalue weighted by Gasteiger charge is -2.18. The molecule has 0 radical (unpaired) electrons. The molecule has 4 aromatic rings. The predicted octanol–water partition coefficient (Wildman–Crippen LogP) is 5.69. The molecule has 184 valence electrons. The summed E-state index contributed by atoms with van der Waals surface area (Å²) < 4.78 is 12.9. The number of fused-ring (bicyclic) bond motifs is 4. The third-order valence-electron chi connectivity index (χ3n) is 6.76. The quantitative estimate of drug-likeness (QED) is 0.192. The molecule has 36 heavy (non-hydrogen) atoms. The van der Waals surface area contributed by atoms with E-state index in [1.54, 1.807) is 34.1 Å². The molecule has 0 fully saturated rings. The number of carbonyl (C=O) groups is 1. The maximum atomic E-state index is 14.0. The molecule has 2 aliphatic rings. The van der Waals surface area contributed by atoms with Crippen LogP contribution in [0.1, 0.15) is 44.8 Å². The van der Waals surface area contributed by atoms with Gasteiger partial charge in [-0.1, -0.05) is 23.9 Å². The lowest BCUT2D eigenvalue weighted by Crippen LogP contribution is -2.23. The molecule has 0 saturated carbocycles. The molecule has 0 atom stereocenters. The van der Waals surface area contributed by atoms with Gasteiger partial charge in [-0.05, 0) is 80.5 Å². The zero-order valence-electron chi connectivity index (χ0n) is 20.3. The van der Waals surface area contributed by atoms with Crippen LogP contribution in [0.2, 0.25) is 0 Å². The minimum absolute atomic E-state index is 0.0395. The molecule has 0 bridgehead atoms. The number of ether oxygens (including phenoxy) is 2. The number of hydrogen-bond donors (Lipinski definition) is 0. The zero-order chi connectivity index (χ0) is 24.8. The summed E-state index contributed by atoms with van der Waals surface area (Å²) in [4.78, 5) is 34.2. The second kappa shape index (κ2) is 9.41. The number of carbonyl (C=O) groups excluding carboxylic acids is 1. The maximum Gasteiger partial charge on any atom is 0.267 e. The van der Waals surface area contributed by atoms with E-state index < -0.39 is 0 Å². The highest BCUT2D eigenvalue weighted by molar-refractivity contribution is 7.99. The smallest absolute Gasteiger partial charge is 0.267 e. The molecular weight excluding hydrogens is 492 g/mol. The Morgan fingerprint density at radius 3 is 2.72 bits per heavy atom. The molecule has 2 aromatic heterocycles. The van der Waals surface area contributed by atoms with Crippen LogP contribution >= 0.6 is 23.1 Å². The predicted molar refractivity (Wildman–Crippen MR) is 144 cm³/mol. The average molecular weight is 519 g/mol. The van der Waals surface area contributed by atoms with Crippen LogP contribution in [-0.4, -0.2) is 34.3 Å². The first kappa shape index (κ1) is 23.3. The second-order valence-corrected chi connectivity index (χ2v) is 11.3. The minimum atomic E-state index is -0.0516. The number of aromatic nitrogens is 2. The Labute approximate surface area is 217 Å². The summed E-state index contributed by atoms with van der Waals surface area (Å²) in [6, 6.07) is 11.4. The van der Waals surface area contributed by atoms with Crippen molar-refractivity contribution in [2.45, 2.75) is 44.7 Å². The van der Waals surface area contributed by atoms with Crippen molar-refractivity contribution in [1.82, 2.24) is 9.55 Å². The highest BCUT2D eigenvalue weighted by atomic mass is 32.2. The second-order valence-electron chi connectivity index (χ2n) is 9.29. The van der Waals surface area contributed by atoms with Crippen molar-refractivity contribution >= 4 is 39.1 Å². The molecule has 0 N–H and O–H groups in total. The van der Waals surface area contributed by atoms with Crippen molar-refractivity contribution in [2.24, 2.45) is 0 Å². The molecule has 0 saturated heterocycles. The normalized spacial score (nSPS) is 14.6. The molecule has 0 spiro atoms. The van der Waals surface area contributed by atoms with Crippen LogP contribution in [0.4, 0.5) is 0 Å². The summed E-state index contributed by atoms with van der Waals surface area (Å²) in [5.74, 6) is 1.36.